The highest BCUT2D eigenvalue weighted by molar-refractivity contribution is 5.30. The predicted octanol–water partition coefficient (Wildman–Crippen LogP) is 2.84. The molecule has 0 aliphatic heterocycles. The van der Waals surface area contributed by atoms with Crippen LogP contribution < -0.4 is 9.47 Å². The van der Waals surface area contributed by atoms with Crippen LogP contribution in [0.2, 0.25) is 0 Å². The molecule has 0 radical (unpaired) electrons. The minimum atomic E-state index is 0.289. The lowest BCUT2D eigenvalue weighted by molar-refractivity contribution is 0.376. The summed E-state index contributed by atoms with van der Waals surface area (Å²) < 4.78 is 10.6. The van der Waals surface area contributed by atoms with Gasteiger partial charge in [0, 0.05) is 12.3 Å². The van der Waals surface area contributed by atoms with Crippen LogP contribution in [0.4, 0.5) is 0 Å². The lowest BCUT2D eigenvalue weighted by Crippen LogP contribution is -1.94. The normalized spacial score (nSPS) is 10.0. The van der Waals surface area contributed by atoms with Crippen LogP contribution in [0.3, 0.4) is 0 Å². The molecular weight excluding hydrogens is 216 g/mol. The van der Waals surface area contributed by atoms with Crippen molar-refractivity contribution in [2.24, 2.45) is 0 Å². The third-order valence-electron chi connectivity index (χ3n) is 2.33. The molecule has 0 fully saturated rings. The number of aryl methyl sites for hydroxylation is 1. The third kappa shape index (κ3) is 2.93. The van der Waals surface area contributed by atoms with Gasteiger partial charge in [-0.15, -0.1) is 0 Å². The number of rotatable bonds is 4. The molecule has 0 unspecified atom stereocenters. The summed E-state index contributed by atoms with van der Waals surface area (Å²) in [5, 5.41) is 0. The van der Waals surface area contributed by atoms with Gasteiger partial charge in [-0.25, -0.2) is 4.98 Å². The molecule has 2 aromatic rings. The quantitative estimate of drug-likeness (QED) is 0.810. The predicted molar refractivity (Wildman–Crippen MR) is 64.5 cm³/mol. The van der Waals surface area contributed by atoms with Gasteiger partial charge in [0.05, 0.1) is 7.11 Å². The number of benzene rings is 1. The summed E-state index contributed by atoms with van der Waals surface area (Å²) in [6.45, 7) is 2.10. The van der Waals surface area contributed by atoms with Crippen LogP contribution in [0, 0.1) is 0 Å². The molecule has 17 heavy (non-hydrogen) atoms. The van der Waals surface area contributed by atoms with E-state index in [0.717, 1.165) is 12.2 Å². The lowest BCUT2D eigenvalue weighted by atomic mass is 10.2. The van der Waals surface area contributed by atoms with Gasteiger partial charge in [-0.05, 0) is 24.1 Å². The summed E-state index contributed by atoms with van der Waals surface area (Å²) in [6, 6.07) is 9.82. The van der Waals surface area contributed by atoms with E-state index in [1.54, 1.807) is 19.4 Å². The molecule has 0 spiro atoms. The Bertz CT molecular complexity index is 455. The number of aromatic nitrogens is 2. The van der Waals surface area contributed by atoms with Gasteiger partial charge < -0.3 is 9.47 Å². The number of nitrogens with zero attached hydrogens (tertiary/aromatic N) is 2. The molecule has 0 amide bonds. The van der Waals surface area contributed by atoms with Crippen molar-refractivity contribution in [1.82, 2.24) is 9.97 Å². The Morgan fingerprint density at radius 1 is 1.24 bits per heavy atom. The Morgan fingerprint density at radius 3 is 2.88 bits per heavy atom. The van der Waals surface area contributed by atoms with Gasteiger partial charge in [-0.3, -0.25) is 0 Å². The van der Waals surface area contributed by atoms with Crippen molar-refractivity contribution >= 4 is 0 Å². The van der Waals surface area contributed by atoms with Crippen LogP contribution in [0.25, 0.3) is 0 Å². The zero-order valence-electron chi connectivity index (χ0n) is 9.88. The van der Waals surface area contributed by atoms with Crippen LogP contribution in [0.1, 0.15) is 12.5 Å². The highest BCUT2D eigenvalue weighted by atomic mass is 16.5. The molecule has 0 bridgehead atoms. The van der Waals surface area contributed by atoms with Crippen LogP contribution in [-0.2, 0) is 6.42 Å². The molecule has 2 rings (SSSR count). The topological polar surface area (TPSA) is 44.2 Å². The smallest absolute Gasteiger partial charge is 0.325 e. The van der Waals surface area contributed by atoms with Crippen molar-refractivity contribution in [3.05, 3.63) is 42.1 Å². The van der Waals surface area contributed by atoms with Gasteiger partial charge in [0.25, 0.3) is 0 Å². The number of hydrogen-bond acceptors (Lipinski definition) is 4. The van der Waals surface area contributed by atoms with Gasteiger partial charge in [0.15, 0.2) is 0 Å². The second kappa shape index (κ2) is 5.30. The first-order valence-electron chi connectivity index (χ1n) is 5.45. The van der Waals surface area contributed by atoms with E-state index >= 15 is 0 Å². The maximum absolute atomic E-state index is 5.56. The second-order valence-electron chi connectivity index (χ2n) is 3.48. The van der Waals surface area contributed by atoms with Gasteiger partial charge in [0.2, 0.25) is 5.88 Å². The molecule has 0 atom stereocenters. The zero-order chi connectivity index (χ0) is 12.1. The minimum Gasteiger partial charge on any atom is -0.481 e. The zero-order valence-corrected chi connectivity index (χ0v) is 9.88. The minimum absolute atomic E-state index is 0.289. The molecule has 1 aromatic carbocycles. The molecule has 88 valence electrons. The molecule has 1 aromatic heterocycles. The SMILES string of the molecule is CCc1cccc(Oc2nccc(OC)n2)c1. The van der Waals surface area contributed by atoms with Crippen molar-refractivity contribution in [3.63, 3.8) is 0 Å². The van der Waals surface area contributed by atoms with E-state index in [-0.39, 0.29) is 6.01 Å². The van der Waals surface area contributed by atoms with Gasteiger partial charge in [0.1, 0.15) is 5.75 Å². The van der Waals surface area contributed by atoms with Crippen LogP contribution >= 0.6 is 0 Å². The Balaban J connectivity index is 2.18. The molecule has 1 heterocycles. The highest BCUT2D eigenvalue weighted by Gasteiger charge is 2.02. The first-order chi connectivity index (χ1) is 8.31. The van der Waals surface area contributed by atoms with E-state index in [9.17, 15) is 0 Å². The fraction of sp³-hybridized carbons (Fsp3) is 0.231. The maximum Gasteiger partial charge on any atom is 0.325 e. The van der Waals surface area contributed by atoms with E-state index in [2.05, 4.69) is 23.0 Å². The summed E-state index contributed by atoms with van der Waals surface area (Å²) in [6.07, 6.45) is 2.57. The molecule has 4 nitrogen and oxygen atoms in total. The van der Waals surface area contributed by atoms with Crippen LogP contribution in [0.5, 0.6) is 17.6 Å². The molecule has 0 aliphatic rings. The second-order valence-corrected chi connectivity index (χ2v) is 3.48. The van der Waals surface area contributed by atoms with Crippen molar-refractivity contribution in [2.75, 3.05) is 7.11 Å². The summed E-state index contributed by atoms with van der Waals surface area (Å²) in [4.78, 5) is 8.11. The lowest BCUT2D eigenvalue weighted by Gasteiger charge is -2.05. The Kier molecular flexibility index (Phi) is 3.55. The van der Waals surface area contributed by atoms with E-state index in [1.807, 2.05) is 18.2 Å². The standard InChI is InChI=1S/C13H14N2O2/c1-3-10-5-4-6-11(9-10)17-13-14-8-7-12(15-13)16-2/h4-9H,3H2,1-2H3. The van der Waals surface area contributed by atoms with E-state index in [1.165, 1.54) is 5.56 Å². The Hall–Kier alpha value is -2.10. The molecule has 0 saturated heterocycles. The van der Waals surface area contributed by atoms with E-state index in [0.29, 0.717) is 5.88 Å². The number of ether oxygens (including phenoxy) is 2. The molecular formula is C13H14N2O2. The molecule has 0 aliphatic carbocycles. The van der Waals surface area contributed by atoms with Gasteiger partial charge in [-0.2, -0.15) is 4.98 Å². The largest absolute Gasteiger partial charge is 0.481 e. The monoisotopic (exact) mass is 230 g/mol. The van der Waals surface area contributed by atoms with Crippen molar-refractivity contribution < 1.29 is 9.47 Å². The molecule has 0 N–H and O–H groups in total. The fourth-order valence-corrected chi connectivity index (χ4v) is 1.42. The first kappa shape index (κ1) is 11.4. The Labute approximate surface area is 100 Å². The van der Waals surface area contributed by atoms with Crippen molar-refractivity contribution in [2.45, 2.75) is 13.3 Å². The van der Waals surface area contributed by atoms with Gasteiger partial charge in [-0.1, -0.05) is 19.1 Å². The summed E-state index contributed by atoms with van der Waals surface area (Å²) in [5.74, 6) is 1.22. The first-order valence-corrected chi connectivity index (χ1v) is 5.45. The summed E-state index contributed by atoms with van der Waals surface area (Å²) in [7, 11) is 1.56. The summed E-state index contributed by atoms with van der Waals surface area (Å²) in [5.41, 5.74) is 1.21. The van der Waals surface area contributed by atoms with Gasteiger partial charge >= 0.3 is 6.01 Å². The number of hydrogen-bond donors (Lipinski definition) is 0. The van der Waals surface area contributed by atoms with E-state index in [4.69, 9.17) is 9.47 Å². The van der Waals surface area contributed by atoms with E-state index < -0.39 is 0 Å². The summed E-state index contributed by atoms with van der Waals surface area (Å²) >= 11 is 0. The maximum atomic E-state index is 5.56. The number of methoxy groups -OCH3 is 1. The van der Waals surface area contributed by atoms with Crippen LogP contribution in [-0.4, -0.2) is 17.1 Å². The van der Waals surface area contributed by atoms with Crippen LogP contribution in [0.15, 0.2) is 36.5 Å². The average molecular weight is 230 g/mol. The average Bonchev–Trinajstić information content (AvgIpc) is 2.39. The highest BCUT2D eigenvalue weighted by Crippen LogP contribution is 2.20. The Morgan fingerprint density at radius 2 is 2.12 bits per heavy atom. The fourth-order valence-electron chi connectivity index (χ4n) is 1.42. The molecule has 0 saturated carbocycles. The van der Waals surface area contributed by atoms with Crippen molar-refractivity contribution in [3.8, 4) is 17.6 Å². The molecule has 4 heteroatoms. The third-order valence-corrected chi connectivity index (χ3v) is 2.33. The van der Waals surface area contributed by atoms with Crippen molar-refractivity contribution in [1.29, 1.82) is 0 Å².